The molecule has 0 atom stereocenters. The van der Waals surface area contributed by atoms with Crippen LogP contribution in [0.4, 0.5) is 14.5 Å². The summed E-state index contributed by atoms with van der Waals surface area (Å²) < 4.78 is 24.5. The maximum Gasteiger partial charge on any atom is 0.294 e. The Morgan fingerprint density at radius 2 is 2.21 bits per heavy atom. The number of pyridine rings is 1. The molecule has 0 aromatic carbocycles. The zero-order chi connectivity index (χ0) is 10.9. The van der Waals surface area contributed by atoms with Gasteiger partial charge in [-0.1, -0.05) is 11.6 Å². The molecule has 76 valence electrons. The lowest BCUT2D eigenvalue weighted by Gasteiger charge is -2.03. The second-order valence-electron chi connectivity index (χ2n) is 2.55. The Kier molecular flexibility index (Phi) is 2.95. The van der Waals surface area contributed by atoms with E-state index >= 15 is 0 Å². The summed E-state index contributed by atoms with van der Waals surface area (Å²) in [6.07, 6.45) is -1.91. The predicted molar refractivity (Wildman–Crippen MR) is 45.6 cm³/mol. The first-order valence-electron chi connectivity index (χ1n) is 3.52. The van der Waals surface area contributed by atoms with Gasteiger partial charge in [-0.3, -0.25) is 15.1 Å². The zero-order valence-electron chi connectivity index (χ0n) is 7.00. The van der Waals surface area contributed by atoms with E-state index in [-0.39, 0.29) is 5.56 Å². The number of aryl methyl sites for hydroxylation is 1. The van der Waals surface area contributed by atoms with Gasteiger partial charge in [0.15, 0.2) is 0 Å². The second kappa shape index (κ2) is 3.83. The minimum atomic E-state index is -2.92. The summed E-state index contributed by atoms with van der Waals surface area (Å²) in [5.41, 5.74) is -1.12. The Balaban J connectivity index is 3.41. The normalized spacial score (nSPS) is 10.6. The van der Waals surface area contributed by atoms with Gasteiger partial charge < -0.3 is 0 Å². The number of hydrogen-bond donors (Lipinski definition) is 0. The number of aromatic nitrogens is 1. The monoisotopic (exact) mass is 222 g/mol. The number of hydrogen-bond acceptors (Lipinski definition) is 3. The third kappa shape index (κ3) is 1.79. The molecule has 0 saturated carbocycles. The van der Waals surface area contributed by atoms with E-state index in [1.165, 1.54) is 6.92 Å². The molecule has 0 radical (unpaired) electrons. The van der Waals surface area contributed by atoms with E-state index in [9.17, 15) is 18.9 Å². The molecule has 0 aliphatic rings. The molecule has 0 aliphatic carbocycles. The van der Waals surface area contributed by atoms with Crippen molar-refractivity contribution in [1.82, 2.24) is 4.98 Å². The quantitative estimate of drug-likeness (QED) is 0.571. The molecule has 4 nitrogen and oxygen atoms in total. The highest BCUT2D eigenvalue weighted by Crippen LogP contribution is 2.34. The minimum absolute atomic E-state index is 0.157. The fourth-order valence-electron chi connectivity index (χ4n) is 0.955. The van der Waals surface area contributed by atoms with Gasteiger partial charge in [0.2, 0.25) is 0 Å². The zero-order valence-corrected chi connectivity index (χ0v) is 7.76. The summed E-state index contributed by atoms with van der Waals surface area (Å²) in [5, 5.41) is 9.87. The van der Waals surface area contributed by atoms with Crippen molar-refractivity contribution in [1.29, 1.82) is 0 Å². The molecule has 1 rings (SSSR count). The van der Waals surface area contributed by atoms with E-state index < -0.39 is 27.8 Å². The lowest BCUT2D eigenvalue weighted by molar-refractivity contribution is -0.385. The molecule has 1 aromatic heterocycles. The molecule has 0 fully saturated rings. The van der Waals surface area contributed by atoms with Crippen LogP contribution in [0, 0.1) is 17.0 Å². The molecule has 1 aromatic rings. The SMILES string of the molecule is Cc1cnc(C(F)F)c(Cl)c1[N+](=O)[O-]. The Morgan fingerprint density at radius 3 is 2.64 bits per heavy atom. The largest absolute Gasteiger partial charge is 0.294 e. The molecule has 0 unspecified atom stereocenters. The van der Waals surface area contributed by atoms with Crippen LogP contribution in [0.25, 0.3) is 0 Å². The Morgan fingerprint density at radius 1 is 1.64 bits per heavy atom. The lowest BCUT2D eigenvalue weighted by atomic mass is 10.2. The van der Waals surface area contributed by atoms with E-state index in [2.05, 4.69) is 4.98 Å². The molecule has 7 heteroatoms. The van der Waals surface area contributed by atoms with E-state index in [1.807, 2.05) is 0 Å². The highest BCUT2D eigenvalue weighted by atomic mass is 35.5. The number of alkyl halides is 2. The minimum Gasteiger partial charge on any atom is -0.258 e. The van der Waals surface area contributed by atoms with Crippen LogP contribution in [0.5, 0.6) is 0 Å². The summed E-state index contributed by atoms with van der Waals surface area (Å²) in [6.45, 7) is 1.38. The molecule has 0 aliphatic heterocycles. The number of halogens is 3. The Bertz CT molecular complexity index is 384. The Hall–Kier alpha value is -1.30. The third-order valence-electron chi connectivity index (χ3n) is 1.59. The van der Waals surface area contributed by atoms with Crippen LogP contribution in [-0.2, 0) is 0 Å². The fourth-order valence-corrected chi connectivity index (χ4v) is 1.30. The molecular formula is C7H5ClF2N2O2. The van der Waals surface area contributed by atoms with Crippen LogP contribution in [0.1, 0.15) is 17.7 Å². The molecule has 0 bridgehead atoms. The standard InChI is InChI=1S/C7H5ClF2N2O2/c1-3-2-11-5(7(9)10)4(8)6(3)12(13)14/h2,7H,1H3. The van der Waals surface area contributed by atoms with Crippen molar-refractivity contribution in [3.8, 4) is 0 Å². The third-order valence-corrected chi connectivity index (χ3v) is 1.97. The molecule has 1 heterocycles. The van der Waals surface area contributed by atoms with Crippen molar-refractivity contribution in [2.75, 3.05) is 0 Å². The highest BCUT2D eigenvalue weighted by Gasteiger charge is 2.24. The van der Waals surface area contributed by atoms with Gasteiger partial charge in [-0.25, -0.2) is 8.78 Å². The van der Waals surface area contributed by atoms with E-state index in [4.69, 9.17) is 11.6 Å². The smallest absolute Gasteiger partial charge is 0.258 e. The maximum absolute atomic E-state index is 12.2. The predicted octanol–water partition coefficient (Wildman–Crippen LogP) is 2.89. The van der Waals surface area contributed by atoms with Gasteiger partial charge >= 0.3 is 0 Å². The van der Waals surface area contributed by atoms with Crippen LogP contribution in [0.3, 0.4) is 0 Å². The van der Waals surface area contributed by atoms with Crippen molar-refractivity contribution in [2.45, 2.75) is 13.3 Å². The first kappa shape index (κ1) is 10.8. The lowest BCUT2D eigenvalue weighted by Crippen LogP contribution is -1.99. The molecule has 0 saturated heterocycles. The van der Waals surface area contributed by atoms with Crippen LogP contribution < -0.4 is 0 Å². The van der Waals surface area contributed by atoms with E-state index in [0.29, 0.717) is 0 Å². The first-order valence-corrected chi connectivity index (χ1v) is 3.90. The van der Waals surface area contributed by atoms with E-state index in [0.717, 1.165) is 6.20 Å². The number of nitrogens with zero attached hydrogens (tertiary/aromatic N) is 2. The van der Waals surface area contributed by atoms with Crippen LogP contribution in [0.2, 0.25) is 5.02 Å². The molecule has 0 N–H and O–H groups in total. The summed E-state index contributed by atoms with van der Waals surface area (Å²) in [4.78, 5) is 13.0. The van der Waals surface area contributed by atoms with Gasteiger partial charge in [0, 0.05) is 11.8 Å². The van der Waals surface area contributed by atoms with Crippen molar-refractivity contribution in [3.63, 3.8) is 0 Å². The first-order chi connectivity index (χ1) is 6.45. The second-order valence-corrected chi connectivity index (χ2v) is 2.92. The van der Waals surface area contributed by atoms with Crippen molar-refractivity contribution in [3.05, 3.63) is 32.6 Å². The van der Waals surface area contributed by atoms with Gasteiger partial charge in [-0.05, 0) is 6.92 Å². The summed E-state index contributed by atoms with van der Waals surface area (Å²) in [6, 6.07) is 0. The molecule has 14 heavy (non-hydrogen) atoms. The maximum atomic E-state index is 12.2. The summed E-state index contributed by atoms with van der Waals surface area (Å²) in [7, 11) is 0. The average molecular weight is 223 g/mol. The van der Waals surface area contributed by atoms with Crippen LogP contribution in [0.15, 0.2) is 6.20 Å². The average Bonchev–Trinajstić information content (AvgIpc) is 2.02. The van der Waals surface area contributed by atoms with Crippen molar-refractivity contribution >= 4 is 17.3 Å². The Labute approximate surface area is 82.7 Å². The van der Waals surface area contributed by atoms with Crippen molar-refractivity contribution in [2.24, 2.45) is 0 Å². The summed E-state index contributed by atoms with van der Waals surface area (Å²) in [5.74, 6) is 0. The van der Waals surface area contributed by atoms with Gasteiger partial charge in [-0.2, -0.15) is 0 Å². The van der Waals surface area contributed by atoms with Gasteiger partial charge in [0.25, 0.3) is 12.1 Å². The number of rotatable bonds is 2. The van der Waals surface area contributed by atoms with E-state index in [1.54, 1.807) is 0 Å². The van der Waals surface area contributed by atoms with Gasteiger partial charge in [0.05, 0.1) is 4.92 Å². The topological polar surface area (TPSA) is 56.0 Å². The van der Waals surface area contributed by atoms with Crippen LogP contribution in [-0.4, -0.2) is 9.91 Å². The molecule has 0 amide bonds. The van der Waals surface area contributed by atoms with Crippen LogP contribution >= 0.6 is 11.6 Å². The van der Waals surface area contributed by atoms with Gasteiger partial charge in [-0.15, -0.1) is 0 Å². The fraction of sp³-hybridized carbons (Fsp3) is 0.286. The van der Waals surface area contributed by atoms with Gasteiger partial charge in [0.1, 0.15) is 10.7 Å². The molecule has 0 spiro atoms. The number of nitro groups is 1. The van der Waals surface area contributed by atoms with Crippen molar-refractivity contribution < 1.29 is 13.7 Å². The molecular weight excluding hydrogens is 218 g/mol. The highest BCUT2D eigenvalue weighted by molar-refractivity contribution is 6.33. The summed E-state index contributed by atoms with van der Waals surface area (Å²) >= 11 is 5.42.